The first-order chi connectivity index (χ1) is 9.24. The van der Waals surface area contributed by atoms with Crippen LogP contribution in [0.5, 0.6) is 5.75 Å². The lowest BCUT2D eigenvalue weighted by Gasteiger charge is -2.07. The number of nitrogens with one attached hydrogen (secondary N) is 1. The Kier molecular flexibility index (Phi) is 4.92. The van der Waals surface area contributed by atoms with Gasteiger partial charge in [0.1, 0.15) is 5.75 Å². The van der Waals surface area contributed by atoms with E-state index in [-0.39, 0.29) is 12.5 Å². The number of hydrogen-bond donors (Lipinski definition) is 1. The number of ether oxygens (including phenoxy) is 1. The summed E-state index contributed by atoms with van der Waals surface area (Å²) < 4.78 is 6.30. The highest BCUT2D eigenvalue weighted by Gasteiger charge is 2.03. The zero-order valence-corrected chi connectivity index (χ0v) is 11.8. The molecule has 0 saturated heterocycles. The standard InChI is InChI=1S/C14H13BrN2O2/c15-12-2-1-3-13(8-12)19-10-14(18)17-9-11-4-6-16-7-5-11/h1-8H,9-10H2,(H,17,18). The van der Waals surface area contributed by atoms with E-state index in [0.29, 0.717) is 12.3 Å². The van der Waals surface area contributed by atoms with E-state index in [1.807, 2.05) is 30.3 Å². The monoisotopic (exact) mass is 320 g/mol. The molecule has 1 N–H and O–H groups in total. The van der Waals surface area contributed by atoms with Crippen molar-refractivity contribution >= 4 is 21.8 Å². The number of amides is 1. The Hall–Kier alpha value is -1.88. The molecular formula is C14H13BrN2O2. The fourth-order valence-corrected chi connectivity index (χ4v) is 1.84. The molecule has 0 radical (unpaired) electrons. The molecule has 0 aliphatic carbocycles. The summed E-state index contributed by atoms with van der Waals surface area (Å²) in [5.74, 6) is 0.505. The largest absolute Gasteiger partial charge is 0.484 e. The molecule has 1 aromatic heterocycles. The molecule has 1 amide bonds. The molecule has 0 bridgehead atoms. The number of benzene rings is 1. The second-order valence-electron chi connectivity index (χ2n) is 3.88. The quantitative estimate of drug-likeness (QED) is 0.921. The van der Waals surface area contributed by atoms with Crippen LogP contribution < -0.4 is 10.1 Å². The molecule has 1 aromatic carbocycles. The molecule has 98 valence electrons. The number of hydrogen-bond acceptors (Lipinski definition) is 3. The van der Waals surface area contributed by atoms with E-state index in [0.717, 1.165) is 10.0 Å². The van der Waals surface area contributed by atoms with Crippen LogP contribution in [0.15, 0.2) is 53.3 Å². The van der Waals surface area contributed by atoms with Gasteiger partial charge in [-0.2, -0.15) is 0 Å². The number of aromatic nitrogens is 1. The lowest BCUT2D eigenvalue weighted by molar-refractivity contribution is -0.123. The zero-order chi connectivity index (χ0) is 13.5. The minimum atomic E-state index is -0.156. The number of carbonyl (C=O) groups excluding carboxylic acids is 1. The predicted molar refractivity (Wildman–Crippen MR) is 75.7 cm³/mol. The van der Waals surface area contributed by atoms with Crippen LogP contribution in [0.1, 0.15) is 5.56 Å². The molecule has 0 unspecified atom stereocenters. The summed E-state index contributed by atoms with van der Waals surface area (Å²) in [7, 11) is 0. The Morgan fingerprint density at radius 2 is 2.05 bits per heavy atom. The molecular weight excluding hydrogens is 308 g/mol. The van der Waals surface area contributed by atoms with Gasteiger partial charge in [0.05, 0.1) is 0 Å². The minimum absolute atomic E-state index is 0.00152. The summed E-state index contributed by atoms with van der Waals surface area (Å²) in [5.41, 5.74) is 1.01. The highest BCUT2D eigenvalue weighted by atomic mass is 79.9. The third kappa shape index (κ3) is 4.71. The molecule has 5 heteroatoms. The normalized spacial score (nSPS) is 9.95. The number of nitrogens with zero attached hydrogens (tertiary/aromatic N) is 1. The zero-order valence-electron chi connectivity index (χ0n) is 10.2. The molecule has 0 aliphatic rings. The smallest absolute Gasteiger partial charge is 0.258 e. The van der Waals surface area contributed by atoms with Gasteiger partial charge in [-0.3, -0.25) is 9.78 Å². The van der Waals surface area contributed by atoms with Crippen molar-refractivity contribution in [2.45, 2.75) is 6.54 Å². The Balaban J connectivity index is 1.76. The van der Waals surface area contributed by atoms with Gasteiger partial charge in [-0.05, 0) is 35.9 Å². The lowest BCUT2D eigenvalue weighted by Crippen LogP contribution is -2.28. The van der Waals surface area contributed by atoms with Crippen LogP contribution in [0.25, 0.3) is 0 Å². The van der Waals surface area contributed by atoms with E-state index in [2.05, 4.69) is 26.2 Å². The average molecular weight is 321 g/mol. The first-order valence-electron chi connectivity index (χ1n) is 5.78. The van der Waals surface area contributed by atoms with Gasteiger partial charge in [-0.25, -0.2) is 0 Å². The SMILES string of the molecule is O=C(COc1cccc(Br)c1)NCc1ccncc1. The third-order valence-electron chi connectivity index (χ3n) is 2.41. The van der Waals surface area contributed by atoms with E-state index < -0.39 is 0 Å². The summed E-state index contributed by atoms with van der Waals surface area (Å²) >= 11 is 3.34. The number of pyridine rings is 1. The van der Waals surface area contributed by atoms with Crippen molar-refractivity contribution in [3.05, 3.63) is 58.8 Å². The third-order valence-corrected chi connectivity index (χ3v) is 2.90. The second-order valence-corrected chi connectivity index (χ2v) is 4.79. The molecule has 0 fully saturated rings. The van der Waals surface area contributed by atoms with Crippen molar-refractivity contribution in [3.8, 4) is 5.75 Å². The highest BCUT2D eigenvalue weighted by molar-refractivity contribution is 9.10. The van der Waals surface area contributed by atoms with E-state index in [4.69, 9.17) is 4.74 Å². The number of carbonyl (C=O) groups is 1. The summed E-state index contributed by atoms with van der Waals surface area (Å²) in [4.78, 5) is 15.5. The molecule has 0 aliphatic heterocycles. The maximum absolute atomic E-state index is 11.6. The van der Waals surface area contributed by atoms with Gasteiger partial charge in [0.2, 0.25) is 0 Å². The van der Waals surface area contributed by atoms with Crippen LogP contribution in [0.3, 0.4) is 0 Å². The minimum Gasteiger partial charge on any atom is -0.484 e. The van der Waals surface area contributed by atoms with E-state index in [9.17, 15) is 4.79 Å². The number of rotatable bonds is 5. The van der Waals surface area contributed by atoms with Gasteiger partial charge < -0.3 is 10.1 Å². The van der Waals surface area contributed by atoms with Gasteiger partial charge in [0.15, 0.2) is 6.61 Å². The van der Waals surface area contributed by atoms with Crippen LogP contribution in [0, 0.1) is 0 Å². The van der Waals surface area contributed by atoms with Crippen molar-refractivity contribution < 1.29 is 9.53 Å². The fourth-order valence-electron chi connectivity index (χ4n) is 1.46. The fraction of sp³-hybridized carbons (Fsp3) is 0.143. The topological polar surface area (TPSA) is 51.2 Å². The van der Waals surface area contributed by atoms with Crippen LogP contribution in [0.2, 0.25) is 0 Å². The summed E-state index contributed by atoms with van der Waals surface area (Å²) in [6.45, 7) is 0.477. The Morgan fingerprint density at radius 1 is 1.26 bits per heavy atom. The first-order valence-corrected chi connectivity index (χ1v) is 6.57. The summed E-state index contributed by atoms with van der Waals surface area (Å²) in [6, 6.07) is 11.1. The molecule has 0 atom stereocenters. The van der Waals surface area contributed by atoms with Gasteiger partial charge in [-0.15, -0.1) is 0 Å². The molecule has 2 aromatic rings. The second kappa shape index (κ2) is 6.89. The van der Waals surface area contributed by atoms with E-state index in [1.165, 1.54) is 0 Å². The average Bonchev–Trinajstić information content (AvgIpc) is 2.44. The van der Waals surface area contributed by atoms with Gasteiger partial charge in [-0.1, -0.05) is 22.0 Å². The summed E-state index contributed by atoms with van der Waals surface area (Å²) in [6.07, 6.45) is 3.39. The maximum Gasteiger partial charge on any atom is 0.258 e. The molecule has 19 heavy (non-hydrogen) atoms. The van der Waals surface area contributed by atoms with E-state index >= 15 is 0 Å². The maximum atomic E-state index is 11.6. The highest BCUT2D eigenvalue weighted by Crippen LogP contribution is 2.17. The van der Waals surface area contributed by atoms with Crippen LogP contribution in [-0.4, -0.2) is 17.5 Å². The van der Waals surface area contributed by atoms with Crippen molar-refractivity contribution in [1.82, 2.24) is 10.3 Å². The van der Waals surface area contributed by atoms with Crippen molar-refractivity contribution in [1.29, 1.82) is 0 Å². The first kappa shape index (κ1) is 13.5. The van der Waals surface area contributed by atoms with Gasteiger partial charge in [0, 0.05) is 23.4 Å². The van der Waals surface area contributed by atoms with Crippen molar-refractivity contribution in [2.24, 2.45) is 0 Å². The molecule has 0 spiro atoms. The predicted octanol–water partition coefficient (Wildman–Crippen LogP) is 2.54. The van der Waals surface area contributed by atoms with Crippen LogP contribution >= 0.6 is 15.9 Å². The van der Waals surface area contributed by atoms with Crippen molar-refractivity contribution in [2.75, 3.05) is 6.61 Å². The Morgan fingerprint density at radius 3 is 2.79 bits per heavy atom. The Bertz CT molecular complexity index is 546. The van der Waals surface area contributed by atoms with Gasteiger partial charge in [0.25, 0.3) is 5.91 Å². The van der Waals surface area contributed by atoms with Crippen LogP contribution in [0.4, 0.5) is 0 Å². The van der Waals surface area contributed by atoms with Gasteiger partial charge >= 0.3 is 0 Å². The molecule has 1 heterocycles. The van der Waals surface area contributed by atoms with Crippen LogP contribution in [-0.2, 0) is 11.3 Å². The molecule has 4 nitrogen and oxygen atoms in total. The number of halogens is 1. The van der Waals surface area contributed by atoms with E-state index in [1.54, 1.807) is 18.5 Å². The summed E-state index contributed by atoms with van der Waals surface area (Å²) in [5, 5.41) is 2.78. The molecule has 0 saturated carbocycles. The van der Waals surface area contributed by atoms with Crippen molar-refractivity contribution in [3.63, 3.8) is 0 Å². The Labute approximate surface area is 119 Å². The lowest BCUT2D eigenvalue weighted by atomic mass is 10.3. The molecule has 2 rings (SSSR count).